The molecule has 2 rings (SSSR count). The summed E-state index contributed by atoms with van der Waals surface area (Å²) >= 11 is 0. The summed E-state index contributed by atoms with van der Waals surface area (Å²) in [7, 11) is -3.62. The molecule has 0 aromatic carbocycles. The second kappa shape index (κ2) is 7.03. The van der Waals surface area contributed by atoms with Gasteiger partial charge in [-0.3, -0.25) is 4.79 Å². The third-order valence-corrected chi connectivity index (χ3v) is 6.96. The first-order valence-corrected chi connectivity index (χ1v) is 9.86. The lowest BCUT2D eigenvalue weighted by Crippen LogP contribution is -2.48. The maximum atomic E-state index is 12.4. The fraction of sp³-hybridized carbons (Fsp3) is 0.750. The minimum Gasteiger partial charge on any atom is -0.361 e. The number of hydrogen-bond acceptors (Lipinski definition) is 5. The van der Waals surface area contributed by atoms with E-state index in [9.17, 15) is 13.2 Å². The van der Waals surface area contributed by atoms with E-state index in [2.05, 4.69) is 24.3 Å². The van der Waals surface area contributed by atoms with Crippen LogP contribution in [0.2, 0.25) is 0 Å². The molecule has 1 fully saturated rings. The molecule has 0 saturated heterocycles. The van der Waals surface area contributed by atoms with Gasteiger partial charge in [0.25, 0.3) is 0 Å². The van der Waals surface area contributed by atoms with Crippen molar-refractivity contribution < 1.29 is 17.7 Å². The molecule has 130 valence electrons. The smallest absolute Gasteiger partial charge is 0.238 e. The number of nitrogens with one attached hydrogen (secondary N) is 1. The van der Waals surface area contributed by atoms with E-state index in [4.69, 9.17) is 4.52 Å². The van der Waals surface area contributed by atoms with Crippen molar-refractivity contribution in [2.24, 2.45) is 11.8 Å². The Morgan fingerprint density at radius 2 is 2.13 bits per heavy atom. The van der Waals surface area contributed by atoms with E-state index in [1.54, 1.807) is 13.0 Å². The van der Waals surface area contributed by atoms with Crippen molar-refractivity contribution in [2.45, 2.75) is 64.0 Å². The van der Waals surface area contributed by atoms with E-state index < -0.39 is 21.0 Å². The normalized spacial score (nSPS) is 26.7. The van der Waals surface area contributed by atoms with Crippen LogP contribution in [0.15, 0.2) is 10.6 Å². The Balaban J connectivity index is 2.00. The third-order valence-electron chi connectivity index (χ3n) is 4.97. The summed E-state index contributed by atoms with van der Waals surface area (Å²) in [5.74, 6) is 0.753. The molecule has 1 amide bonds. The number of aryl methyl sites for hydroxylation is 1. The highest BCUT2D eigenvalue weighted by Gasteiger charge is 2.33. The van der Waals surface area contributed by atoms with Crippen LogP contribution in [0.4, 0.5) is 0 Å². The molecular weight excluding hydrogens is 316 g/mol. The second-order valence-electron chi connectivity index (χ2n) is 6.76. The molecule has 1 N–H and O–H groups in total. The summed E-state index contributed by atoms with van der Waals surface area (Å²) < 4.78 is 29.7. The van der Waals surface area contributed by atoms with Crippen LogP contribution in [0, 0.1) is 18.8 Å². The first kappa shape index (κ1) is 18.0. The molecule has 0 radical (unpaired) electrons. The summed E-state index contributed by atoms with van der Waals surface area (Å²) in [5.41, 5.74) is 0.335. The van der Waals surface area contributed by atoms with Crippen molar-refractivity contribution in [3.63, 3.8) is 0 Å². The number of hydrogen-bond donors (Lipinski definition) is 1. The summed E-state index contributed by atoms with van der Waals surface area (Å²) in [4.78, 5) is 12.4. The van der Waals surface area contributed by atoms with Crippen LogP contribution in [-0.2, 0) is 20.4 Å². The van der Waals surface area contributed by atoms with Gasteiger partial charge in [-0.2, -0.15) is 0 Å². The van der Waals surface area contributed by atoms with Gasteiger partial charge >= 0.3 is 0 Å². The van der Waals surface area contributed by atoms with E-state index in [0.717, 1.165) is 19.3 Å². The molecule has 1 saturated carbocycles. The summed E-state index contributed by atoms with van der Waals surface area (Å²) in [5, 5.41) is 5.53. The predicted octanol–water partition coefficient (Wildman–Crippen LogP) is 2.23. The molecule has 1 aliphatic carbocycles. The number of aromatic nitrogens is 1. The monoisotopic (exact) mass is 342 g/mol. The highest BCUT2D eigenvalue weighted by atomic mass is 32.2. The Morgan fingerprint density at radius 3 is 2.74 bits per heavy atom. The van der Waals surface area contributed by atoms with Gasteiger partial charge in [0.1, 0.15) is 11.0 Å². The van der Waals surface area contributed by atoms with Crippen LogP contribution in [-0.4, -0.2) is 30.8 Å². The molecule has 4 atom stereocenters. The highest BCUT2D eigenvalue weighted by molar-refractivity contribution is 7.92. The highest BCUT2D eigenvalue weighted by Crippen LogP contribution is 2.29. The average Bonchev–Trinajstić information content (AvgIpc) is 2.87. The standard InChI is InChI=1S/C16H26N2O4S/c1-10-6-5-7-15(12(10)3)17-16(19)13(4)23(20,21)9-14-8-11(2)22-18-14/h8,10,12-13,15H,5-7,9H2,1-4H3,(H,17,19)/t10-,12+,13-,15-/m1/s1. The van der Waals surface area contributed by atoms with Gasteiger partial charge in [-0.25, -0.2) is 8.42 Å². The van der Waals surface area contributed by atoms with Crippen molar-refractivity contribution in [2.75, 3.05) is 0 Å². The zero-order chi connectivity index (χ0) is 17.2. The first-order chi connectivity index (χ1) is 10.7. The maximum Gasteiger partial charge on any atom is 0.238 e. The van der Waals surface area contributed by atoms with E-state index in [-0.39, 0.29) is 11.8 Å². The fourth-order valence-electron chi connectivity index (χ4n) is 3.07. The second-order valence-corrected chi connectivity index (χ2v) is 9.08. The number of carbonyl (C=O) groups is 1. The van der Waals surface area contributed by atoms with Gasteiger partial charge in [-0.15, -0.1) is 0 Å². The summed E-state index contributed by atoms with van der Waals surface area (Å²) in [6, 6.07) is 1.63. The van der Waals surface area contributed by atoms with Gasteiger partial charge in [0, 0.05) is 12.1 Å². The van der Waals surface area contributed by atoms with Gasteiger partial charge in [0.15, 0.2) is 9.84 Å². The summed E-state index contributed by atoms with van der Waals surface area (Å²) in [6.45, 7) is 7.43. The number of carbonyl (C=O) groups excluding carboxylic acids is 1. The molecule has 1 aromatic rings. The number of amides is 1. The third kappa shape index (κ3) is 4.34. The van der Waals surface area contributed by atoms with E-state index in [0.29, 0.717) is 23.3 Å². The molecular formula is C16H26N2O4S. The minimum absolute atomic E-state index is 0.0539. The Morgan fingerprint density at radius 1 is 1.43 bits per heavy atom. The van der Waals surface area contributed by atoms with Crippen LogP contribution in [0.5, 0.6) is 0 Å². The predicted molar refractivity (Wildman–Crippen MR) is 87.4 cm³/mol. The van der Waals surface area contributed by atoms with Crippen LogP contribution in [0.3, 0.4) is 0 Å². The largest absolute Gasteiger partial charge is 0.361 e. The molecule has 0 spiro atoms. The quantitative estimate of drug-likeness (QED) is 0.886. The SMILES string of the molecule is Cc1cc(CS(=O)(=O)[C@H](C)C(=O)N[C@@H]2CCC[C@@H](C)[C@@H]2C)no1. The lowest BCUT2D eigenvalue weighted by atomic mass is 9.78. The zero-order valence-electron chi connectivity index (χ0n) is 14.2. The van der Waals surface area contributed by atoms with Crippen LogP contribution in [0.25, 0.3) is 0 Å². The van der Waals surface area contributed by atoms with E-state index in [1.165, 1.54) is 6.92 Å². The Kier molecular flexibility index (Phi) is 5.49. The molecule has 1 aromatic heterocycles. The van der Waals surface area contributed by atoms with E-state index in [1.807, 2.05) is 0 Å². The minimum atomic E-state index is -3.62. The molecule has 0 bridgehead atoms. The van der Waals surface area contributed by atoms with Gasteiger partial charge in [0.05, 0.1) is 11.4 Å². The average molecular weight is 342 g/mol. The molecule has 23 heavy (non-hydrogen) atoms. The van der Waals surface area contributed by atoms with E-state index >= 15 is 0 Å². The van der Waals surface area contributed by atoms with Crippen molar-refractivity contribution >= 4 is 15.7 Å². The van der Waals surface area contributed by atoms with Gasteiger partial charge < -0.3 is 9.84 Å². The van der Waals surface area contributed by atoms with Crippen molar-refractivity contribution in [1.29, 1.82) is 0 Å². The molecule has 0 unspecified atom stereocenters. The van der Waals surface area contributed by atoms with Crippen LogP contribution < -0.4 is 5.32 Å². The summed E-state index contributed by atoms with van der Waals surface area (Å²) in [6.07, 6.45) is 3.13. The first-order valence-electron chi connectivity index (χ1n) is 8.15. The van der Waals surface area contributed by atoms with Gasteiger partial charge in [-0.05, 0) is 32.1 Å². The maximum absolute atomic E-state index is 12.4. The van der Waals surface area contributed by atoms with Crippen LogP contribution in [0.1, 0.15) is 51.5 Å². The number of rotatable bonds is 5. The number of nitrogens with zero attached hydrogens (tertiary/aromatic N) is 1. The van der Waals surface area contributed by atoms with Gasteiger partial charge in [-0.1, -0.05) is 31.8 Å². The molecule has 6 nitrogen and oxygen atoms in total. The number of sulfone groups is 1. The Hall–Kier alpha value is -1.37. The zero-order valence-corrected chi connectivity index (χ0v) is 15.0. The molecule has 1 heterocycles. The lowest BCUT2D eigenvalue weighted by molar-refractivity contribution is -0.121. The van der Waals surface area contributed by atoms with Gasteiger partial charge in [0.2, 0.25) is 5.91 Å². The Bertz CT molecular complexity index is 653. The van der Waals surface area contributed by atoms with Crippen molar-refractivity contribution in [3.8, 4) is 0 Å². The Labute approximate surface area is 137 Å². The van der Waals surface area contributed by atoms with Crippen molar-refractivity contribution in [1.82, 2.24) is 10.5 Å². The molecule has 0 aliphatic heterocycles. The van der Waals surface area contributed by atoms with Crippen molar-refractivity contribution in [3.05, 3.63) is 17.5 Å². The molecule has 1 aliphatic rings. The fourth-order valence-corrected chi connectivity index (χ4v) is 4.26. The topological polar surface area (TPSA) is 89.3 Å². The lowest BCUT2D eigenvalue weighted by Gasteiger charge is -2.35. The molecule has 7 heteroatoms. The van der Waals surface area contributed by atoms with Crippen LogP contribution >= 0.6 is 0 Å².